The van der Waals surface area contributed by atoms with Gasteiger partial charge in [0.25, 0.3) is 0 Å². The number of nitrogens with one attached hydrogen (secondary N) is 1. The van der Waals surface area contributed by atoms with Gasteiger partial charge in [-0.15, -0.1) is 0 Å². The van der Waals surface area contributed by atoms with Crippen LogP contribution in [0.15, 0.2) is 18.2 Å². The van der Waals surface area contributed by atoms with Crippen molar-refractivity contribution in [3.63, 3.8) is 0 Å². The lowest BCUT2D eigenvalue weighted by Crippen LogP contribution is -2.20. The number of ether oxygens (including phenoxy) is 2. The molecule has 5 nitrogen and oxygen atoms in total. The van der Waals surface area contributed by atoms with Gasteiger partial charge < -0.3 is 19.7 Å². The lowest BCUT2D eigenvalue weighted by Gasteiger charge is -2.24. The molecule has 2 aromatic rings. The molecule has 1 aromatic carbocycles. The standard InChI is InChI=1S/C24H35N3O2/c1-25-24-17-20(18-8-13-29-14-9-18)21-16-23(28-2)19(15-22(21)26-24)7-3-4-10-27-11-5-6-12-27/h15-18H,3-14H2,1-2H3,(H,25,26). The van der Waals surface area contributed by atoms with Crippen molar-refractivity contribution in [2.24, 2.45) is 0 Å². The Labute approximate surface area is 174 Å². The van der Waals surface area contributed by atoms with Crippen LogP contribution >= 0.6 is 0 Å². The quantitative estimate of drug-likeness (QED) is 0.660. The van der Waals surface area contributed by atoms with Crippen LogP contribution in [0, 0.1) is 0 Å². The third-order valence-electron chi connectivity index (χ3n) is 6.53. The maximum absolute atomic E-state index is 5.80. The molecule has 3 heterocycles. The zero-order chi connectivity index (χ0) is 20.1. The Morgan fingerprint density at radius 1 is 1.14 bits per heavy atom. The van der Waals surface area contributed by atoms with Gasteiger partial charge in [0.15, 0.2) is 0 Å². The minimum Gasteiger partial charge on any atom is -0.496 e. The molecular formula is C24H35N3O2. The number of pyridine rings is 1. The molecule has 0 amide bonds. The molecule has 158 valence electrons. The Bertz CT molecular complexity index is 811. The summed E-state index contributed by atoms with van der Waals surface area (Å²) >= 11 is 0. The van der Waals surface area contributed by atoms with Crippen molar-refractivity contribution in [2.75, 3.05) is 52.3 Å². The summed E-state index contributed by atoms with van der Waals surface area (Å²) in [6, 6.07) is 6.70. The van der Waals surface area contributed by atoms with E-state index in [0.717, 1.165) is 49.6 Å². The average molecular weight is 398 g/mol. The van der Waals surface area contributed by atoms with Crippen LogP contribution in [0.4, 0.5) is 5.82 Å². The number of likely N-dealkylation sites (tertiary alicyclic amines) is 1. The second-order valence-electron chi connectivity index (χ2n) is 8.42. The van der Waals surface area contributed by atoms with Crippen LogP contribution in [0.5, 0.6) is 5.75 Å². The summed E-state index contributed by atoms with van der Waals surface area (Å²) in [5.74, 6) is 2.48. The number of aromatic nitrogens is 1. The highest BCUT2D eigenvalue weighted by atomic mass is 16.5. The van der Waals surface area contributed by atoms with E-state index < -0.39 is 0 Å². The maximum atomic E-state index is 5.80. The monoisotopic (exact) mass is 397 g/mol. The first-order valence-corrected chi connectivity index (χ1v) is 11.3. The number of hydrogen-bond acceptors (Lipinski definition) is 5. The molecule has 2 aliphatic rings. The van der Waals surface area contributed by atoms with Gasteiger partial charge in [0, 0.05) is 25.6 Å². The van der Waals surface area contributed by atoms with Gasteiger partial charge in [-0.25, -0.2) is 4.98 Å². The molecule has 0 unspecified atom stereocenters. The lowest BCUT2D eigenvalue weighted by molar-refractivity contribution is 0.0856. The predicted octanol–water partition coefficient (Wildman–Crippen LogP) is 4.60. The molecule has 0 spiro atoms. The topological polar surface area (TPSA) is 46.6 Å². The number of aryl methyl sites for hydroxylation is 1. The Hall–Kier alpha value is -1.85. The van der Waals surface area contributed by atoms with Crippen LogP contribution in [0.25, 0.3) is 10.9 Å². The zero-order valence-electron chi connectivity index (χ0n) is 18.0. The van der Waals surface area contributed by atoms with E-state index in [1.807, 2.05) is 7.05 Å². The van der Waals surface area contributed by atoms with Crippen LogP contribution in [-0.4, -0.2) is 56.9 Å². The van der Waals surface area contributed by atoms with Gasteiger partial charge in [0.05, 0.1) is 12.6 Å². The predicted molar refractivity (Wildman–Crippen MR) is 119 cm³/mol. The van der Waals surface area contributed by atoms with E-state index in [0.29, 0.717) is 5.92 Å². The number of anilines is 1. The number of benzene rings is 1. The molecule has 4 rings (SSSR count). The summed E-state index contributed by atoms with van der Waals surface area (Å²) in [4.78, 5) is 7.47. The largest absolute Gasteiger partial charge is 0.496 e. The molecule has 5 heteroatoms. The number of methoxy groups -OCH3 is 1. The molecule has 0 bridgehead atoms. The first kappa shape index (κ1) is 20.4. The number of hydrogen-bond donors (Lipinski definition) is 1. The molecule has 1 N–H and O–H groups in total. The van der Waals surface area contributed by atoms with E-state index in [4.69, 9.17) is 14.5 Å². The summed E-state index contributed by atoms with van der Waals surface area (Å²) in [7, 11) is 3.74. The van der Waals surface area contributed by atoms with Crippen LogP contribution in [0.2, 0.25) is 0 Å². The van der Waals surface area contributed by atoms with Crippen molar-refractivity contribution in [1.29, 1.82) is 0 Å². The summed E-state index contributed by atoms with van der Waals surface area (Å²) in [6.45, 7) is 5.48. The Morgan fingerprint density at radius 2 is 1.93 bits per heavy atom. The normalized spacial score (nSPS) is 18.4. The van der Waals surface area contributed by atoms with Gasteiger partial charge in [0.1, 0.15) is 11.6 Å². The molecule has 0 saturated carbocycles. The summed E-state index contributed by atoms with van der Waals surface area (Å²) < 4.78 is 11.4. The first-order valence-electron chi connectivity index (χ1n) is 11.3. The number of unbranched alkanes of at least 4 members (excludes halogenated alkanes) is 1. The van der Waals surface area contributed by atoms with Crippen molar-refractivity contribution in [3.05, 3.63) is 29.3 Å². The van der Waals surface area contributed by atoms with E-state index in [2.05, 4.69) is 28.4 Å². The van der Waals surface area contributed by atoms with Crippen molar-refractivity contribution in [2.45, 2.75) is 50.9 Å². The smallest absolute Gasteiger partial charge is 0.126 e. The van der Waals surface area contributed by atoms with E-state index in [9.17, 15) is 0 Å². The maximum Gasteiger partial charge on any atom is 0.126 e. The number of nitrogens with zero attached hydrogens (tertiary/aromatic N) is 2. The van der Waals surface area contributed by atoms with Gasteiger partial charge in [0.2, 0.25) is 0 Å². The van der Waals surface area contributed by atoms with Gasteiger partial charge in [-0.3, -0.25) is 0 Å². The highest BCUT2D eigenvalue weighted by Crippen LogP contribution is 2.36. The molecule has 0 atom stereocenters. The summed E-state index contributed by atoms with van der Waals surface area (Å²) in [5.41, 5.74) is 3.73. The fraction of sp³-hybridized carbons (Fsp3) is 0.625. The zero-order valence-corrected chi connectivity index (χ0v) is 18.0. The van der Waals surface area contributed by atoms with Crippen LogP contribution < -0.4 is 10.1 Å². The fourth-order valence-electron chi connectivity index (χ4n) is 4.84. The highest BCUT2D eigenvalue weighted by Gasteiger charge is 2.21. The van der Waals surface area contributed by atoms with Crippen molar-refractivity contribution in [3.8, 4) is 5.75 Å². The van der Waals surface area contributed by atoms with Gasteiger partial charge in [-0.1, -0.05) is 0 Å². The van der Waals surface area contributed by atoms with Gasteiger partial charge in [-0.05, 0) is 99.8 Å². The molecule has 2 saturated heterocycles. The van der Waals surface area contributed by atoms with Gasteiger partial charge in [-0.2, -0.15) is 0 Å². The summed E-state index contributed by atoms with van der Waals surface area (Å²) in [6.07, 6.45) is 8.37. The average Bonchev–Trinajstić information content (AvgIpc) is 3.29. The van der Waals surface area contributed by atoms with Crippen LogP contribution in [0.1, 0.15) is 55.6 Å². The molecule has 0 radical (unpaired) electrons. The SMILES string of the molecule is CNc1cc(C2CCOCC2)c2cc(OC)c(CCCCN3CCCC3)cc2n1. The third kappa shape index (κ3) is 4.84. The van der Waals surface area contributed by atoms with E-state index >= 15 is 0 Å². The van der Waals surface area contributed by atoms with Crippen molar-refractivity contribution >= 4 is 16.7 Å². The Kier molecular flexibility index (Phi) is 6.88. The highest BCUT2D eigenvalue weighted by molar-refractivity contribution is 5.87. The number of fused-ring (bicyclic) bond motifs is 1. The van der Waals surface area contributed by atoms with Crippen LogP contribution in [0.3, 0.4) is 0 Å². The summed E-state index contributed by atoms with van der Waals surface area (Å²) in [5, 5.41) is 4.48. The minimum absolute atomic E-state index is 0.525. The second kappa shape index (κ2) is 9.77. The molecule has 29 heavy (non-hydrogen) atoms. The Balaban J connectivity index is 1.56. The van der Waals surface area contributed by atoms with Crippen molar-refractivity contribution in [1.82, 2.24) is 9.88 Å². The van der Waals surface area contributed by atoms with Gasteiger partial charge >= 0.3 is 0 Å². The fourth-order valence-corrected chi connectivity index (χ4v) is 4.84. The minimum atomic E-state index is 0.525. The molecule has 2 aliphatic heterocycles. The molecular weight excluding hydrogens is 362 g/mol. The van der Waals surface area contributed by atoms with E-state index in [1.165, 1.54) is 61.8 Å². The molecule has 0 aliphatic carbocycles. The van der Waals surface area contributed by atoms with Crippen LogP contribution in [-0.2, 0) is 11.2 Å². The third-order valence-corrected chi connectivity index (χ3v) is 6.53. The second-order valence-corrected chi connectivity index (χ2v) is 8.42. The number of rotatable bonds is 8. The molecule has 2 fully saturated rings. The van der Waals surface area contributed by atoms with Crippen molar-refractivity contribution < 1.29 is 9.47 Å². The lowest BCUT2D eigenvalue weighted by atomic mass is 9.88. The Morgan fingerprint density at radius 3 is 2.66 bits per heavy atom. The van der Waals surface area contributed by atoms with E-state index in [-0.39, 0.29) is 0 Å². The first-order chi connectivity index (χ1) is 14.3. The molecule has 1 aromatic heterocycles. The van der Waals surface area contributed by atoms with E-state index in [1.54, 1.807) is 7.11 Å².